The highest BCUT2D eigenvalue weighted by Gasteiger charge is 2.30. The molecule has 0 unspecified atom stereocenters. The van der Waals surface area contributed by atoms with Crippen LogP contribution >= 0.6 is 0 Å². The molecule has 0 bridgehead atoms. The molecule has 0 saturated heterocycles. The topological polar surface area (TPSA) is 52.5 Å². The quantitative estimate of drug-likeness (QED) is 0.707. The molecule has 1 aliphatic carbocycles. The van der Waals surface area contributed by atoms with E-state index >= 15 is 0 Å². The van der Waals surface area contributed by atoms with Gasteiger partial charge in [0.1, 0.15) is 0 Å². The van der Waals surface area contributed by atoms with Gasteiger partial charge in [0.15, 0.2) is 0 Å². The van der Waals surface area contributed by atoms with E-state index in [1.807, 2.05) is 6.92 Å². The van der Waals surface area contributed by atoms with Gasteiger partial charge in [-0.1, -0.05) is 20.8 Å². The Morgan fingerprint density at radius 2 is 1.44 bits per heavy atom. The van der Waals surface area contributed by atoms with Gasteiger partial charge in [0.25, 0.3) is 0 Å². The van der Waals surface area contributed by atoms with Gasteiger partial charge in [-0.2, -0.15) is 0 Å². The fourth-order valence-corrected chi connectivity index (χ4v) is 2.79. The van der Waals surface area contributed by atoms with Crippen LogP contribution in [0.5, 0.6) is 0 Å². The summed E-state index contributed by atoms with van der Waals surface area (Å²) < 4.78 is 0. The summed E-state index contributed by atoms with van der Waals surface area (Å²) in [5.41, 5.74) is -0.0933. The van der Waals surface area contributed by atoms with Gasteiger partial charge in [0.05, 0.1) is 18.8 Å². The summed E-state index contributed by atoms with van der Waals surface area (Å²) in [6.07, 6.45) is 5.15. The van der Waals surface area contributed by atoms with Crippen molar-refractivity contribution in [1.82, 2.24) is 5.32 Å². The minimum absolute atomic E-state index is 0.0131. The molecule has 3 N–H and O–H groups in total. The number of rotatable bonds is 5. The highest BCUT2D eigenvalue weighted by molar-refractivity contribution is 4.85. The maximum absolute atomic E-state index is 9.24. The van der Waals surface area contributed by atoms with Gasteiger partial charge < -0.3 is 15.5 Å². The van der Waals surface area contributed by atoms with E-state index in [0.29, 0.717) is 11.3 Å². The Hall–Kier alpha value is -0.120. The van der Waals surface area contributed by atoms with Crippen molar-refractivity contribution < 1.29 is 10.2 Å². The summed E-state index contributed by atoms with van der Waals surface area (Å²) in [6, 6.07) is 0. The Bertz CT molecular complexity index is 235. The van der Waals surface area contributed by atoms with Crippen LogP contribution in [-0.2, 0) is 0 Å². The monoisotopic (exact) mass is 257 g/mol. The minimum Gasteiger partial charge on any atom is -0.394 e. The molecule has 1 saturated carbocycles. The summed E-state index contributed by atoms with van der Waals surface area (Å²) in [7, 11) is 0. The van der Waals surface area contributed by atoms with Crippen molar-refractivity contribution >= 4 is 0 Å². The van der Waals surface area contributed by atoms with Crippen LogP contribution in [-0.4, -0.2) is 35.5 Å². The highest BCUT2D eigenvalue weighted by Crippen LogP contribution is 2.39. The predicted octanol–water partition coefficient (Wildman–Crippen LogP) is 2.17. The van der Waals surface area contributed by atoms with Gasteiger partial charge >= 0.3 is 0 Å². The molecule has 0 aromatic heterocycles. The molecule has 1 rings (SSSR count). The van der Waals surface area contributed by atoms with Gasteiger partial charge in [-0.3, -0.25) is 0 Å². The fourth-order valence-electron chi connectivity index (χ4n) is 2.79. The number of nitrogens with one attached hydrogen (secondary N) is 1. The predicted molar refractivity (Wildman–Crippen MR) is 75.5 cm³/mol. The lowest BCUT2D eigenvalue weighted by atomic mass is 9.70. The molecular formula is C15H31NO2. The summed E-state index contributed by atoms with van der Waals surface area (Å²) in [5, 5.41) is 21.8. The molecule has 0 aromatic carbocycles. The third kappa shape index (κ3) is 4.52. The smallest absolute Gasteiger partial charge is 0.0633 e. The van der Waals surface area contributed by atoms with Gasteiger partial charge in [0, 0.05) is 0 Å². The first-order valence-electron chi connectivity index (χ1n) is 7.27. The first kappa shape index (κ1) is 15.9. The van der Waals surface area contributed by atoms with E-state index < -0.39 is 5.54 Å². The van der Waals surface area contributed by atoms with Crippen LogP contribution in [0.2, 0.25) is 0 Å². The Morgan fingerprint density at radius 1 is 0.944 bits per heavy atom. The zero-order valence-electron chi connectivity index (χ0n) is 12.5. The average Bonchev–Trinajstić information content (AvgIpc) is 2.35. The van der Waals surface area contributed by atoms with E-state index in [9.17, 15) is 10.2 Å². The lowest BCUT2D eigenvalue weighted by molar-refractivity contribution is 0.0916. The Kier molecular flexibility index (Phi) is 5.63. The molecule has 18 heavy (non-hydrogen) atoms. The van der Waals surface area contributed by atoms with Crippen LogP contribution in [0, 0.1) is 17.3 Å². The molecule has 0 amide bonds. The van der Waals surface area contributed by atoms with Crippen molar-refractivity contribution in [3.8, 4) is 0 Å². The average molecular weight is 257 g/mol. The molecule has 0 heterocycles. The van der Waals surface area contributed by atoms with Crippen molar-refractivity contribution in [2.75, 3.05) is 19.8 Å². The lowest BCUT2D eigenvalue weighted by Gasteiger charge is -2.38. The van der Waals surface area contributed by atoms with E-state index in [1.54, 1.807) is 0 Å². The summed E-state index contributed by atoms with van der Waals surface area (Å²) >= 11 is 0. The second-order valence-corrected chi connectivity index (χ2v) is 7.34. The van der Waals surface area contributed by atoms with E-state index in [2.05, 4.69) is 26.1 Å². The molecule has 3 heteroatoms. The Labute approximate surface area is 112 Å². The summed E-state index contributed by atoms with van der Waals surface area (Å²) in [6.45, 7) is 9.77. The van der Waals surface area contributed by atoms with Crippen molar-refractivity contribution in [1.29, 1.82) is 0 Å². The first-order valence-corrected chi connectivity index (χ1v) is 7.27. The first-order chi connectivity index (χ1) is 8.30. The third-order valence-corrected chi connectivity index (χ3v) is 4.59. The number of hydrogen-bond acceptors (Lipinski definition) is 3. The second kappa shape index (κ2) is 6.36. The molecule has 1 aliphatic rings. The molecule has 3 nitrogen and oxygen atoms in total. The minimum atomic E-state index is -0.527. The molecule has 0 aromatic rings. The molecule has 1 fully saturated rings. The Balaban J connectivity index is 2.32. The van der Waals surface area contributed by atoms with Gasteiger partial charge in [-0.25, -0.2) is 0 Å². The number of hydrogen-bond donors (Lipinski definition) is 3. The largest absolute Gasteiger partial charge is 0.394 e. The third-order valence-electron chi connectivity index (χ3n) is 4.59. The van der Waals surface area contributed by atoms with Crippen LogP contribution < -0.4 is 5.32 Å². The van der Waals surface area contributed by atoms with E-state index in [1.165, 1.54) is 25.7 Å². The fraction of sp³-hybridized carbons (Fsp3) is 1.00. The highest BCUT2D eigenvalue weighted by atomic mass is 16.3. The van der Waals surface area contributed by atoms with E-state index in [0.717, 1.165) is 12.5 Å². The maximum Gasteiger partial charge on any atom is 0.0633 e. The van der Waals surface area contributed by atoms with Gasteiger partial charge in [-0.15, -0.1) is 0 Å². The van der Waals surface area contributed by atoms with Gasteiger partial charge in [0.2, 0.25) is 0 Å². The molecule has 0 atom stereocenters. The SMILES string of the molecule is CC(CO)(CO)NCC1CCC(C(C)(C)C)CC1. The number of aliphatic hydroxyl groups excluding tert-OH is 2. The zero-order valence-corrected chi connectivity index (χ0v) is 12.5. The van der Waals surface area contributed by atoms with Gasteiger partial charge in [-0.05, 0) is 56.4 Å². The maximum atomic E-state index is 9.24. The Morgan fingerprint density at radius 3 is 1.83 bits per heavy atom. The van der Waals surface area contributed by atoms with Crippen molar-refractivity contribution in [3.05, 3.63) is 0 Å². The van der Waals surface area contributed by atoms with Crippen molar-refractivity contribution in [2.45, 2.75) is 58.9 Å². The summed E-state index contributed by atoms with van der Waals surface area (Å²) in [5.74, 6) is 1.54. The second-order valence-electron chi connectivity index (χ2n) is 7.34. The zero-order chi connectivity index (χ0) is 13.8. The standard InChI is InChI=1S/C15H31NO2/c1-14(2,3)13-7-5-12(6-8-13)9-16-15(4,10-17)11-18/h12-13,16-18H,5-11H2,1-4H3. The van der Waals surface area contributed by atoms with Crippen LogP contribution in [0.1, 0.15) is 53.4 Å². The molecule has 0 spiro atoms. The molecule has 0 radical (unpaired) electrons. The molecular weight excluding hydrogens is 226 g/mol. The number of aliphatic hydroxyl groups is 2. The normalized spacial score (nSPS) is 26.3. The van der Waals surface area contributed by atoms with Crippen LogP contribution in [0.25, 0.3) is 0 Å². The van der Waals surface area contributed by atoms with E-state index in [4.69, 9.17) is 0 Å². The van der Waals surface area contributed by atoms with E-state index in [-0.39, 0.29) is 13.2 Å². The van der Waals surface area contributed by atoms with Crippen LogP contribution in [0.15, 0.2) is 0 Å². The molecule has 0 aliphatic heterocycles. The lowest BCUT2D eigenvalue weighted by Crippen LogP contribution is -2.50. The van der Waals surface area contributed by atoms with Crippen molar-refractivity contribution in [2.24, 2.45) is 17.3 Å². The molecule has 108 valence electrons. The van der Waals surface area contributed by atoms with Crippen molar-refractivity contribution in [3.63, 3.8) is 0 Å². The summed E-state index contributed by atoms with van der Waals surface area (Å²) in [4.78, 5) is 0. The van der Waals surface area contributed by atoms with Crippen LogP contribution in [0.3, 0.4) is 0 Å². The van der Waals surface area contributed by atoms with Crippen LogP contribution in [0.4, 0.5) is 0 Å².